The van der Waals surface area contributed by atoms with Gasteiger partial charge in [-0.15, -0.1) is 10.2 Å². The van der Waals surface area contributed by atoms with Gasteiger partial charge in [-0.25, -0.2) is 8.42 Å². The van der Waals surface area contributed by atoms with Crippen LogP contribution in [0.3, 0.4) is 0 Å². The molecule has 1 aliphatic rings. The maximum Gasteiger partial charge on any atom is 0.246 e. The minimum atomic E-state index is -3.47. The fraction of sp³-hybridized carbons (Fsp3) is 0.450. The van der Waals surface area contributed by atoms with Gasteiger partial charge in [-0.1, -0.05) is 30.3 Å². The second-order valence-corrected chi connectivity index (χ2v) is 9.38. The number of hydrogen-bond acceptors (Lipinski definition) is 5. The normalized spacial score (nSPS) is 16.3. The van der Waals surface area contributed by atoms with E-state index < -0.39 is 10.0 Å². The van der Waals surface area contributed by atoms with Crippen LogP contribution >= 0.6 is 0 Å². The maximum atomic E-state index is 12.8. The topological polar surface area (TPSA) is 85.9 Å². The first-order valence-electron chi connectivity index (χ1n) is 9.99. The molecule has 0 aliphatic carbocycles. The Morgan fingerprint density at radius 3 is 2.59 bits per heavy atom. The summed E-state index contributed by atoms with van der Waals surface area (Å²) in [6.07, 6.45) is 7.27. The average Bonchev–Trinajstić information content (AvgIpc) is 3.39. The second-order valence-electron chi connectivity index (χ2n) is 7.44. The average molecular weight is 415 g/mol. The third-order valence-electron chi connectivity index (χ3n) is 5.51. The van der Waals surface area contributed by atoms with Crippen molar-refractivity contribution in [2.45, 2.75) is 44.2 Å². The molecule has 0 atom stereocenters. The summed E-state index contributed by atoms with van der Waals surface area (Å²) in [5.41, 5.74) is 1.21. The number of sulfonamides is 1. The van der Waals surface area contributed by atoms with E-state index in [0.717, 1.165) is 31.6 Å². The highest BCUT2D eigenvalue weighted by molar-refractivity contribution is 7.89. The fourth-order valence-corrected chi connectivity index (χ4v) is 5.19. The van der Waals surface area contributed by atoms with Gasteiger partial charge in [-0.3, -0.25) is 4.68 Å². The van der Waals surface area contributed by atoms with Gasteiger partial charge in [0.15, 0.2) is 0 Å². The van der Waals surface area contributed by atoms with Gasteiger partial charge in [-0.05, 0) is 31.2 Å². The van der Waals surface area contributed by atoms with Crippen LogP contribution in [0.2, 0.25) is 0 Å². The van der Waals surface area contributed by atoms with Gasteiger partial charge in [0.2, 0.25) is 10.0 Å². The molecule has 0 N–H and O–H groups in total. The summed E-state index contributed by atoms with van der Waals surface area (Å²) in [7, 11) is -3.47. The van der Waals surface area contributed by atoms with Gasteiger partial charge in [-0.2, -0.15) is 9.40 Å². The van der Waals surface area contributed by atoms with Crippen LogP contribution < -0.4 is 0 Å². The Morgan fingerprint density at radius 1 is 1.14 bits per heavy atom. The standard InChI is InChI=1S/C20H26N6O2S/c1-2-25-15-19(13-22-25)29(27,28)26-10-8-17(9-11-26)12-20-23-21-16-24(20)14-18-6-4-3-5-7-18/h3-7,13,15-17H,2,8-12,14H2,1H3. The Balaban J connectivity index is 1.37. The quantitative estimate of drug-likeness (QED) is 0.592. The number of piperidine rings is 1. The van der Waals surface area contributed by atoms with Crippen molar-refractivity contribution in [3.05, 3.63) is 60.4 Å². The molecule has 0 spiro atoms. The van der Waals surface area contributed by atoms with E-state index in [1.807, 2.05) is 25.1 Å². The second kappa shape index (κ2) is 8.46. The number of benzene rings is 1. The van der Waals surface area contributed by atoms with Gasteiger partial charge in [0, 0.05) is 32.3 Å². The van der Waals surface area contributed by atoms with Crippen LogP contribution in [0, 0.1) is 5.92 Å². The zero-order valence-electron chi connectivity index (χ0n) is 16.6. The Bertz CT molecular complexity index is 1040. The van der Waals surface area contributed by atoms with Crippen molar-refractivity contribution in [2.24, 2.45) is 5.92 Å². The molecule has 0 bridgehead atoms. The summed E-state index contributed by atoms with van der Waals surface area (Å²) in [4.78, 5) is 0.278. The summed E-state index contributed by atoms with van der Waals surface area (Å²) in [5.74, 6) is 1.36. The molecule has 1 aromatic carbocycles. The van der Waals surface area contributed by atoms with E-state index in [1.165, 1.54) is 11.8 Å². The van der Waals surface area contributed by atoms with Crippen LogP contribution in [0.25, 0.3) is 0 Å². The number of aromatic nitrogens is 5. The third-order valence-corrected chi connectivity index (χ3v) is 7.36. The van der Waals surface area contributed by atoms with Gasteiger partial charge in [0.05, 0.1) is 12.7 Å². The number of nitrogens with zero attached hydrogens (tertiary/aromatic N) is 6. The first-order valence-corrected chi connectivity index (χ1v) is 11.4. The van der Waals surface area contributed by atoms with E-state index in [4.69, 9.17) is 0 Å². The first-order chi connectivity index (χ1) is 14.1. The minimum Gasteiger partial charge on any atom is -0.313 e. The van der Waals surface area contributed by atoms with Crippen molar-refractivity contribution in [1.29, 1.82) is 0 Å². The number of hydrogen-bond donors (Lipinski definition) is 0. The molecule has 8 nitrogen and oxygen atoms in total. The molecule has 154 valence electrons. The van der Waals surface area contributed by atoms with E-state index in [1.54, 1.807) is 21.5 Å². The van der Waals surface area contributed by atoms with Gasteiger partial charge in [0.25, 0.3) is 0 Å². The predicted molar refractivity (Wildman–Crippen MR) is 109 cm³/mol. The summed E-state index contributed by atoms with van der Waals surface area (Å²) in [6.45, 7) is 4.39. The van der Waals surface area contributed by atoms with Gasteiger partial charge in [0.1, 0.15) is 17.0 Å². The first kappa shape index (κ1) is 19.8. The molecule has 1 aliphatic heterocycles. The van der Waals surface area contributed by atoms with Crippen LogP contribution in [0.5, 0.6) is 0 Å². The molecule has 3 aromatic rings. The lowest BCUT2D eigenvalue weighted by Gasteiger charge is -2.30. The monoisotopic (exact) mass is 414 g/mol. The zero-order chi connectivity index (χ0) is 20.3. The van der Waals surface area contributed by atoms with Crippen LogP contribution in [-0.4, -0.2) is 50.4 Å². The minimum absolute atomic E-state index is 0.278. The molecule has 3 heterocycles. The smallest absolute Gasteiger partial charge is 0.246 e. The molecule has 1 fully saturated rings. The highest BCUT2D eigenvalue weighted by atomic mass is 32.2. The fourth-order valence-electron chi connectivity index (χ4n) is 3.76. The summed E-state index contributed by atoms with van der Waals surface area (Å²) in [6, 6.07) is 10.2. The van der Waals surface area contributed by atoms with Crippen LogP contribution in [0.1, 0.15) is 31.2 Å². The zero-order valence-corrected chi connectivity index (χ0v) is 17.4. The third kappa shape index (κ3) is 4.40. The van der Waals surface area contributed by atoms with Crippen LogP contribution in [0.15, 0.2) is 53.9 Å². The Morgan fingerprint density at radius 2 is 1.90 bits per heavy atom. The van der Waals surface area contributed by atoms with Crippen molar-refractivity contribution in [2.75, 3.05) is 13.1 Å². The summed E-state index contributed by atoms with van der Waals surface area (Å²) in [5, 5.41) is 12.5. The lowest BCUT2D eigenvalue weighted by molar-refractivity contribution is 0.269. The Labute approximate surface area is 171 Å². The molecule has 0 unspecified atom stereocenters. The van der Waals surface area contributed by atoms with E-state index in [0.29, 0.717) is 25.6 Å². The Kier molecular flexibility index (Phi) is 5.77. The van der Waals surface area contributed by atoms with Gasteiger partial charge < -0.3 is 4.57 Å². The maximum absolute atomic E-state index is 12.8. The number of rotatable bonds is 7. The molecule has 0 radical (unpaired) electrons. The van der Waals surface area contributed by atoms with E-state index in [-0.39, 0.29) is 4.90 Å². The van der Waals surface area contributed by atoms with Crippen molar-refractivity contribution in [1.82, 2.24) is 28.9 Å². The highest BCUT2D eigenvalue weighted by Crippen LogP contribution is 2.25. The van der Waals surface area contributed by atoms with Crippen molar-refractivity contribution in [3.8, 4) is 0 Å². The highest BCUT2D eigenvalue weighted by Gasteiger charge is 2.31. The van der Waals surface area contributed by atoms with Crippen LogP contribution in [-0.2, 0) is 29.5 Å². The molecule has 9 heteroatoms. The number of aryl methyl sites for hydroxylation is 1. The summed E-state index contributed by atoms with van der Waals surface area (Å²) >= 11 is 0. The van der Waals surface area contributed by atoms with Crippen LogP contribution in [0.4, 0.5) is 0 Å². The van der Waals surface area contributed by atoms with Crippen molar-refractivity contribution in [3.63, 3.8) is 0 Å². The van der Waals surface area contributed by atoms with Crippen molar-refractivity contribution < 1.29 is 8.42 Å². The van der Waals surface area contributed by atoms with E-state index >= 15 is 0 Å². The predicted octanol–water partition coefficient (Wildman–Crippen LogP) is 2.19. The SMILES string of the molecule is CCn1cc(S(=O)(=O)N2CCC(Cc3nncn3Cc3ccccc3)CC2)cn1. The largest absolute Gasteiger partial charge is 0.313 e. The molecule has 0 amide bonds. The Hall–Kier alpha value is -2.52. The summed E-state index contributed by atoms with van der Waals surface area (Å²) < 4.78 is 31.0. The van der Waals surface area contributed by atoms with E-state index in [2.05, 4.69) is 32.0 Å². The van der Waals surface area contributed by atoms with E-state index in [9.17, 15) is 8.42 Å². The molecule has 1 saturated heterocycles. The molecule has 0 saturated carbocycles. The lowest BCUT2D eigenvalue weighted by Crippen LogP contribution is -2.39. The van der Waals surface area contributed by atoms with Gasteiger partial charge >= 0.3 is 0 Å². The molecule has 29 heavy (non-hydrogen) atoms. The molecule has 4 rings (SSSR count). The molecular formula is C20H26N6O2S. The molecule has 2 aromatic heterocycles. The lowest BCUT2D eigenvalue weighted by atomic mass is 9.94. The van der Waals surface area contributed by atoms with Crippen molar-refractivity contribution >= 4 is 10.0 Å². The molecular weight excluding hydrogens is 388 g/mol.